The van der Waals surface area contributed by atoms with Crippen molar-refractivity contribution in [2.24, 2.45) is 0 Å². The van der Waals surface area contributed by atoms with E-state index in [1.807, 2.05) is 6.20 Å². The third kappa shape index (κ3) is 2.69. The number of para-hydroxylation sites is 2. The van der Waals surface area contributed by atoms with Crippen LogP contribution >= 0.6 is 0 Å². The number of rotatable bonds is 3. The highest BCUT2D eigenvalue weighted by Gasteiger charge is 2.47. The average molecular weight is 485 g/mol. The second kappa shape index (κ2) is 8.03. The van der Waals surface area contributed by atoms with E-state index in [2.05, 4.69) is 144 Å². The molecule has 2 aromatic heterocycles. The Labute approximate surface area is 221 Å². The van der Waals surface area contributed by atoms with Crippen LogP contribution in [0.25, 0.3) is 38.8 Å². The summed E-state index contributed by atoms with van der Waals surface area (Å²) in [6, 6.07) is 50.3. The third-order valence-electron chi connectivity index (χ3n) is 8.14. The van der Waals surface area contributed by atoms with Crippen molar-refractivity contribution in [1.82, 2.24) is 9.55 Å². The predicted molar refractivity (Wildman–Crippen MR) is 156 cm³/mol. The molecule has 7 aromatic rings. The van der Waals surface area contributed by atoms with Crippen LogP contribution in [0.2, 0.25) is 0 Å². The summed E-state index contributed by atoms with van der Waals surface area (Å²) in [6.07, 6.45) is 1.99. The second-order valence-corrected chi connectivity index (χ2v) is 9.95. The molecule has 0 spiro atoms. The first-order valence-electron chi connectivity index (χ1n) is 13.1. The Morgan fingerprint density at radius 2 is 1.00 bits per heavy atom. The van der Waals surface area contributed by atoms with Gasteiger partial charge in [-0.1, -0.05) is 121 Å². The smallest absolute Gasteiger partial charge is 0.145 e. The summed E-state index contributed by atoms with van der Waals surface area (Å²) in [7, 11) is 0. The first-order chi connectivity index (χ1) is 18.9. The Hall–Kier alpha value is -4.95. The molecule has 0 unspecified atom stereocenters. The first-order valence-corrected chi connectivity index (χ1v) is 13.1. The van der Waals surface area contributed by atoms with Gasteiger partial charge >= 0.3 is 0 Å². The first kappa shape index (κ1) is 21.2. The molecule has 0 N–H and O–H groups in total. The Morgan fingerprint density at radius 1 is 0.474 bits per heavy atom. The lowest BCUT2D eigenvalue weighted by Gasteiger charge is -2.33. The van der Waals surface area contributed by atoms with Gasteiger partial charge in [0.2, 0.25) is 0 Å². The van der Waals surface area contributed by atoms with Gasteiger partial charge in [0, 0.05) is 22.5 Å². The quantitative estimate of drug-likeness (QED) is 0.246. The van der Waals surface area contributed by atoms with Gasteiger partial charge in [-0.3, -0.25) is 4.57 Å². The molecule has 0 radical (unpaired) electrons. The highest BCUT2D eigenvalue weighted by molar-refractivity contribution is 6.09. The predicted octanol–water partition coefficient (Wildman–Crippen LogP) is 8.54. The molecular weight excluding hydrogens is 460 g/mol. The van der Waals surface area contributed by atoms with Crippen LogP contribution in [0.5, 0.6) is 0 Å². The standard InChI is InChI=1S/C36H24N2/c1-3-13-25(14-4-1)36(26-15-5-2-6-16-26)30-20-10-7-19-29(30)34-31(36)23-24-37-35(34)38-32-21-11-8-17-27(32)28-18-9-12-22-33(28)38/h1-24H. The number of nitrogens with zero attached hydrogens (tertiary/aromatic N) is 2. The highest BCUT2D eigenvalue weighted by Crippen LogP contribution is 2.57. The van der Waals surface area contributed by atoms with Gasteiger partial charge in [-0.05, 0) is 46.0 Å². The molecule has 1 aliphatic rings. The number of pyridine rings is 1. The lowest BCUT2D eigenvalue weighted by molar-refractivity contribution is 0.766. The van der Waals surface area contributed by atoms with E-state index in [1.54, 1.807) is 0 Å². The maximum Gasteiger partial charge on any atom is 0.145 e. The molecule has 2 heteroatoms. The average Bonchev–Trinajstić information content (AvgIpc) is 3.49. The molecule has 0 aliphatic heterocycles. The van der Waals surface area contributed by atoms with E-state index < -0.39 is 5.41 Å². The van der Waals surface area contributed by atoms with E-state index in [1.165, 1.54) is 55.2 Å². The van der Waals surface area contributed by atoms with Gasteiger partial charge in [0.1, 0.15) is 5.82 Å². The van der Waals surface area contributed by atoms with E-state index in [0.717, 1.165) is 5.82 Å². The zero-order valence-electron chi connectivity index (χ0n) is 20.8. The summed E-state index contributed by atoms with van der Waals surface area (Å²) in [4.78, 5) is 5.11. The summed E-state index contributed by atoms with van der Waals surface area (Å²) in [5.41, 5.74) is 9.42. The summed E-state index contributed by atoms with van der Waals surface area (Å²) in [5, 5.41) is 2.48. The van der Waals surface area contributed by atoms with Crippen molar-refractivity contribution >= 4 is 21.8 Å². The molecule has 8 rings (SSSR count). The Morgan fingerprint density at radius 3 is 1.63 bits per heavy atom. The molecule has 0 amide bonds. The lowest BCUT2D eigenvalue weighted by atomic mass is 9.68. The summed E-state index contributed by atoms with van der Waals surface area (Å²) in [5.74, 6) is 0.973. The number of hydrogen-bond donors (Lipinski definition) is 0. The summed E-state index contributed by atoms with van der Waals surface area (Å²) < 4.78 is 2.35. The number of benzene rings is 5. The molecule has 178 valence electrons. The van der Waals surface area contributed by atoms with Crippen molar-refractivity contribution in [3.05, 3.63) is 168 Å². The van der Waals surface area contributed by atoms with Crippen molar-refractivity contribution in [2.75, 3.05) is 0 Å². The molecule has 1 aliphatic carbocycles. The maximum absolute atomic E-state index is 5.11. The molecule has 2 nitrogen and oxygen atoms in total. The van der Waals surface area contributed by atoms with Crippen molar-refractivity contribution in [3.8, 4) is 16.9 Å². The summed E-state index contributed by atoms with van der Waals surface area (Å²) in [6.45, 7) is 0. The van der Waals surface area contributed by atoms with E-state index >= 15 is 0 Å². The van der Waals surface area contributed by atoms with Gasteiger partial charge < -0.3 is 0 Å². The molecule has 38 heavy (non-hydrogen) atoms. The fourth-order valence-electron chi connectivity index (χ4n) is 6.69. The monoisotopic (exact) mass is 484 g/mol. The van der Waals surface area contributed by atoms with Gasteiger partial charge in [0.15, 0.2) is 0 Å². The van der Waals surface area contributed by atoms with Crippen molar-refractivity contribution in [3.63, 3.8) is 0 Å². The molecule has 0 bridgehead atoms. The molecule has 0 atom stereocenters. The van der Waals surface area contributed by atoms with Crippen LogP contribution in [0.1, 0.15) is 22.3 Å². The third-order valence-corrected chi connectivity index (χ3v) is 8.14. The minimum Gasteiger partial charge on any atom is -0.293 e. The number of hydrogen-bond acceptors (Lipinski definition) is 1. The zero-order valence-corrected chi connectivity index (χ0v) is 20.8. The highest BCUT2D eigenvalue weighted by atomic mass is 15.1. The second-order valence-electron chi connectivity index (χ2n) is 9.95. The Balaban J connectivity index is 1.56. The minimum atomic E-state index is -0.440. The molecule has 2 heterocycles. The molecule has 0 saturated carbocycles. The zero-order chi connectivity index (χ0) is 25.1. The fourth-order valence-corrected chi connectivity index (χ4v) is 6.69. The molecule has 0 fully saturated rings. The Bertz CT molecular complexity index is 1870. The fraction of sp³-hybridized carbons (Fsp3) is 0.0278. The van der Waals surface area contributed by atoms with Crippen LogP contribution in [0.15, 0.2) is 146 Å². The van der Waals surface area contributed by atoms with Crippen molar-refractivity contribution < 1.29 is 0 Å². The van der Waals surface area contributed by atoms with Crippen LogP contribution in [0.3, 0.4) is 0 Å². The minimum absolute atomic E-state index is 0.440. The van der Waals surface area contributed by atoms with Crippen LogP contribution in [-0.2, 0) is 5.41 Å². The summed E-state index contributed by atoms with van der Waals surface area (Å²) >= 11 is 0. The van der Waals surface area contributed by atoms with Gasteiger partial charge in [-0.15, -0.1) is 0 Å². The van der Waals surface area contributed by atoms with Crippen LogP contribution in [-0.4, -0.2) is 9.55 Å². The van der Waals surface area contributed by atoms with Crippen LogP contribution in [0.4, 0.5) is 0 Å². The van der Waals surface area contributed by atoms with Crippen molar-refractivity contribution in [1.29, 1.82) is 0 Å². The Kier molecular flexibility index (Phi) is 4.47. The van der Waals surface area contributed by atoms with Gasteiger partial charge in [0.05, 0.1) is 16.4 Å². The van der Waals surface area contributed by atoms with Crippen molar-refractivity contribution in [2.45, 2.75) is 5.41 Å². The normalized spacial score (nSPS) is 13.5. The van der Waals surface area contributed by atoms with Gasteiger partial charge in [0.25, 0.3) is 0 Å². The van der Waals surface area contributed by atoms with Gasteiger partial charge in [-0.2, -0.15) is 0 Å². The van der Waals surface area contributed by atoms with E-state index in [9.17, 15) is 0 Å². The molecular formula is C36H24N2. The molecule has 0 saturated heterocycles. The SMILES string of the molecule is c1ccc(C2(c3ccccc3)c3ccccc3-c3c2ccnc3-n2c3ccccc3c3ccccc32)cc1. The van der Waals surface area contributed by atoms with Gasteiger partial charge in [-0.25, -0.2) is 4.98 Å². The van der Waals surface area contributed by atoms with E-state index in [-0.39, 0.29) is 0 Å². The largest absolute Gasteiger partial charge is 0.293 e. The van der Waals surface area contributed by atoms with E-state index in [0.29, 0.717) is 0 Å². The number of aromatic nitrogens is 2. The maximum atomic E-state index is 5.11. The molecule has 5 aromatic carbocycles. The topological polar surface area (TPSA) is 17.8 Å². The lowest BCUT2D eigenvalue weighted by Crippen LogP contribution is -2.28. The number of fused-ring (bicyclic) bond motifs is 6. The van der Waals surface area contributed by atoms with Crippen LogP contribution < -0.4 is 0 Å². The van der Waals surface area contributed by atoms with Crippen LogP contribution in [0, 0.1) is 0 Å². The van der Waals surface area contributed by atoms with E-state index in [4.69, 9.17) is 4.98 Å².